The smallest absolute Gasteiger partial charge is 0.341 e. The highest BCUT2D eigenvalue weighted by Gasteiger charge is 2.38. The van der Waals surface area contributed by atoms with Crippen molar-refractivity contribution in [1.29, 1.82) is 0 Å². The number of sulfonamides is 1. The summed E-state index contributed by atoms with van der Waals surface area (Å²) >= 11 is 0. The van der Waals surface area contributed by atoms with E-state index in [0.29, 0.717) is 36.5 Å². The number of esters is 1. The molecular formula is C23H31N3O5S. The van der Waals surface area contributed by atoms with Crippen LogP contribution in [0.4, 0.5) is 5.69 Å². The molecular weight excluding hydrogens is 430 g/mol. The Balaban J connectivity index is 1.84. The summed E-state index contributed by atoms with van der Waals surface area (Å²) in [6.07, 6.45) is 1.15. The van der Waals surface area contributed by atoms with Crippen molar-refractivity contribution in [2.45, 2.75) is 52.4 Å². The molecule has 1 saturated heterocycles. The second-order valence-electron chi connectivity index (χ2n) is 8.37. The SMILES string of the molecule is CCOC(=O)c1c(C)[nH]c(C)c1S(=O)(=O)N1CCCC(C(=O)Nc2cc(C)cc(C)c2)C1. The topological polar surface area (TPSA) is 109 Å². The quantitative estimate of drug-likeness (QED) is 0.641. The first-order valence-corrected chi connectivity index (χ1v) is 12.2. The lowest BCUT2D eigenvalue weighted by molar-refractivity contribution is -0.120. The predicted octanol–water partition coefficient (Wildman–Crippen LogP) is 3.46. The first kappa shape index (κ1) is 24.0. The predicted molar refractivity (Wildman–Crippen MR) is 122 cm³/mol. The summed E-state index contributed by atoms with van der Waals surface area (Å²) in [6.45, 7) is 9.36. The number of hydrogen-bond donors (Lipinski definition) is 2. The minimum Gasteiger partial charge on any atom is -0.462 e. The first-order chi connectivity index (χ1) is 15.0. The van der Waals surface area contributed by atoms with Crippen LogP contribution in [-0.4, -0.2) is 49.3 Å². The Hall–Kier alpha value is -2.65. The van der Waals surface area contributed by atoms with Gasteiger partial charge in [-0.25, -0.2) is 13.2 Å². The molecule has 1 unspecified atom stereocenters. The molecule has 1 aromatic carbocycles. The molecule has 0 aliphatic carbocycles. The Morgan fingerprint density at radius 3 is 2.41 bits per heavy atom. The fourth-order valence-corrected chi connectivity index (χ4v) is 6.26. The van der Waals surface area contributed by atoms with Crippen LogP contribution in [0.15, 0.2) is 23.1 Å². The first-order valence-electron chi connectivity index (χ1n) is 10.8. The van der Waals surface area contributed by atoms with Gasteiger partial charge in [-0.2, -0.15) is 4.31 Å². The second-order valence-corrected chi connectivity index (χ2v) is 10.2. The van der Waals surface area contributed by atoms with E-state index in [4.69, 9.17) is 4.74 Å². The summed E-state index contributed by atoms with van der Waals surface area (Å²) in [4.78, 5) is 28.3. The number of nitrogens with zero attached hydrogens (tertiary/aromatic N) is 1. The normalized spacial score (nSPS) is 17.2. The molecule has 1 amide bonds. The number of benzene rings is 1. The van der Waals surface area contributed by atoms with E-state index in [9.17, 15) is 18.0 Å². The van der Waals surface area contributed by atoms with Gasteiger partial charge in [-0.3, -0.25) is 4.79 Å². The van der Waals surface area contributed by atoms with Gasteiger partial charge >= 0.3 is 5.97 Å². The molecule has 1 aliphatic rings. The summed E-state index contributed by atoms with van der Waals surface area (Å²) in [5.74, 6) is -1.36. The molecule has 1 atom stereocenters. The number of carbonyl (C=O) groups is 2. The molecule has 9 heteroatoms. The molecule has 0 bridgehead atoms. The van der Waals surface area contributed by atoms with Gasteiger partial charge in [-0.1, -0.05) is 6.07 Å². The van der Waals surface area contributed by atoms with Crippen LogP contribution >= 0.6 is 0 Å². The monoisotopic (exact) mass is 461 g/mol. The van der Waals surface area contributed by atoms with E-state index in [1.54, 1.807) is 20.8 Å². The van der Waals surface area contributed by atoms with Crippen molar-refractivity contribution in [2.24, 2.45) is 5.92 Å². The summed E-state index contributed by atoms with van der Waals surface area (Å²) in [7, 11) is -4.00. The zero-order chi connectivity index (χ0) is 23.6. The number of hydrogen-bond acceptors (Lipinski definition) is 5. The number of piperidine rings is 1. The van der Waals surface area contributed by atoms with Crippen LogP contribution in [0.2, 0.25) is 0 Å². The van der Waals surface area contributed by atoms with Crippen LogP contribution in [0.5, 0.6) is 0 Å². The lowest BCUT2D eigenvalue weighted by Gasteiger charge is -2.31. The summed E-state index contributed by atoms with van der Waals surface area (Å²) in [5, 5.41) is 2.93. The standard InChI is InChI=1S/C23H31N3O5S/c1-6-31-23(28)20-16(4)24-17(5)21(20)32(29,30)26-9-7-8-18(13-26)22(27)25-19-11-14(2)10-15(3)12-19/h10-12,18,24H,6-9,13H2,1-5H3,(H,25,27). The van der Waals surface area contributed by atoms with Crippen molar-refractivity contribution in [3.05, 3.63) is 46.3 Å². The number of anilines is 1. The molecule has 2 heterocycles. The zero-order valence-corrected chi connectivity index (χ0v) is 20.1. The van der Waals surface area contributed by atoms with Gasteiger partial charge in [-0.05, 0) is 70.7 Å². The maximum absolute atomic E-state index is 13.5. The van der Waals surface area contributed by atoms with Crippen molar-refractivity contribution < 1.29 is 22.7 Å². The van der Waals surface area contributed by atoms with E-state index in [-0.39, 0.29) is 29.5 Å². The summed E-state index contributed by atoms with van der Waals surface area (Å²) < 4.78 is 33.5. The molecule has 32 heavy (non-hydrogen) atoms. The van der Waals surface area contributed by atoms with Gasteiger partial charge in [0.05, 0.1) is 12.5 Å². The van der Waals surface area contributed by atoms with E-state index < -0.39 is 21.9 Å². The maximum Gasteiger partial charge on any atom is 0.341 e. The Bertz CT molecular complexity index is 1120. The molecule has 0 spiro atoms. The number of nitrogens with one attached hydrogen (secondary N) is 2. The van der Waals surface area contributed by atoms with Crippen molar-refractivity contribution in [3.63, 3.8) is 0 Å². The number of H-pyrrole nitrogens is 1. The number of amides is 1. The molecule has 1 aromatic heterocycles. The zero-order valence-electron chi connectivity index (χ0n) is 19.2. The molecule has 0 radical (unpaired) electrons. The summed E-state index contributed by atoms with van der Waals surface area (Å²) in [5.41, 5.74) is 3.64. The fraction of sp³-hybridized carbons (Fsp3) is 0.478. The molecule has 1 aliphatic heterocycles. The van der Waals surface area contributed by atoms with Crippen molar-refractivity contribution >= 4 is 27.6 Å². The Morgan fingerprint density at radius 1 is 1.12 bits per heavy atom. The molecule has 8 nitrogen and oxygen atoms in total. The molecule has 2 N–H and O–H groups in total. The van der Waals surface area contributed by atoms with E-state index >= 15 is 0 Å². The van der Waals surface area contributed by atoms with E-state index in [1.807, 2.05) is 32.0 Å². The van der Waals surface area contributed by atoms with Crippen LogP contribution in [0.3, 0.4) is 0 Å². The number of aromatic amines is 1. The molecule has 174 valence electrons. The number of aryl methyl sites for hydroxylation is 4. The summed E-state index contributed by atoms with van der Waals surface area (Å²) in [6, 6.07) is 5.80. The number of rotatable bonds is 6. The van der Waals surface area contributed by atoms with E-state index in [1.165, 1.54) is 4.31 Å². The average molecular weight is 462 g/mol. The number of aromatic nitrogens is 1. The minimum atomic E-state index is -4.00. The Morgan fingerprint density at radius 2 is 1.78 bits per heavy atom. The lowest BCUT2D eigenvalue weighted by Crippen LogP contribution is -2.44. The van der Waals surface area contributed by atoms with Gasteiger partial charge in [0.25, 0.3) is 0 Å². The van der Waals surface area contributed by atoms with Crippen LogP contribution in [0.25, 0.3) is 0 Å². The second kappa shape index (κ2) is 9.46. The van der Waals surface area contributed by atoms with Crippen molar-refractivity contribution in [1.82, 2.24) is 9.29 Å². The van der Waals surface area contributed by atoms with Crippen LogP contribution in [-0.2, 0) is 19.6 Å². The maximum atomic E-state index is 13.5. The Labute approximate surface area is 189 Å². The van der Waals surface area contributed by atoms with E-state index in [2.05, 4.69) is 10.3 Å². The van der Waals surface area contributed by atoms with Gasteiger partial charge in [0, 0.05) is 30.2 Å². The van der Waals surface area contributed by atoms with Crippen molar-refractivity contribution in [2.75, 3.05) is 25.0 Å². The van der Waals surface area contributed by atoms with E-state index in [0.717, 1.165) is 11.1 Å². The third kappa shape index (κ3) is 4.88. The third-order valence-electron chi connectivity index (χ3n) is 5.64. The van der Waals surface area contributed by atoms with Crippen molar-refractivity contribution in [3.8, 4) is 0 Å². The van der Waals surface area contributed by atoms with Gasteiger partial charge in [0.15, 0.2) is 0 Å². The fourth-order valence-electron chi connectivity index (χ4n) is 4.32. The van der Waals surface area contributed by atoms with Crippen LogP contribution in [0, 0.1) is 33.6 Å². The van der Waals surface area contributed by atoms with Crippen LogP contribution in [0.1, 0.15) is 52.6 Å². The lowest BCUT2D eigenvalue weighted by atomic mass is 9.98. The highest BCUT2D eigenvalue weighted by molar-refractivity contribution is 7.89. The minimum absolute atomic E-state index is 0.0335. The highest BCUT2D eigenvalue weighted by atomic mass is 32.2. The third-order valence-corrected chi connectivity index (χ3v) is 7.68. The highest BCUT2D eigenvalue weighted by Crippen LogP contribution is 2.31. The molecule has 0 saturated carbocycles. The average Bonchev–Trinajstić information content (AvgIpc) is 3.02. The van der Waals surface area contributed by atoms with Gasteiger partial charge in [-0.15, -0.1) is 0 Å². The molecule has 3 rings (SSSR count). The number of carbonyl (C=O) groups excluding carboxylic acids is 2. The number of ether oxygens (including phenoxy) is 1. The molecule has 1 fully saturated rings. The van der Waals surface area contributed by atoms with Crippen LogP contribution < -0.4 is 5.32 Å². The van der Waals surface area contributed by atoms with Gasteiger partial charge in [0.2, 0.25) is 15.9 Å². The molecule has 2 aromatic rings. The largest absolute Gasteiger partial charge is 0.462 e. The van der Waals surface area contributed by atoms with Gasteiger partial charge in [0.1, 0.15) is 10.5 Å². The Kier molecular flexibility index (Phi) is 7.09. The van der Waals surface area contributed by atoms with Gasteiger partial charge < -0.3 is 15.0 Å².